The van der Waals surface area contributed by atoms with Crippen LogP contribution in [0.3, 0.4) is 0 Å². The second kappa shape index (κ2) is 3.98. The first-order chi connectivity index (χ1) is 7.83. The number of hydrogen-bond acceptors (Lipinski definition) is 3. The molecular weight excluding hydrogens is 202 g/mol. The zero-order valence-electron chi connectivity index (χ0n) is 9.66. The molecule has 0 aromatic heterocycles. The molecule has 86 valence electrons. The normalized spacial score (nSPS) is 27.6. The van der Waals surface area contributed by atoms with Crippen molar-refractivity contribution in [1.82, 2.24) is 4.90 Å². The molecule has 0 fully saturated rings. The lowest BCUT2D eigenvalue weighted by Crippen LogP contribution is -2.14. The maximum atomic E-state index is 5.98. The predicted octanol–water partition coefficient (Wildman–Crippen LogP) is 2.53. The highest BCUT2D eigenvalue weighted by Gasteiger charge is 2.29. The van der Waals surface area contributed by atoms with Crippen molar-refractivity contribution < 1.29 is 9.47 Å². The molecule has 0 bridgehead atoms. The third-order valence-corrected chi connectivity index (χ3v) is 3.18. The molecule has 3 nitrogen and oxygen atoms in total. The summed E-state index contributed by atoms with van der Waals surface area (Å²) in [5, 5.41) is 0. The van der Waals surface area contributed by atoms with Crippen LogP contribution in [0.15, 0.2) is 35.2 Å². The molecule has 0 amide bonds. The summed E-state index contributed by atoms with van der Waals surface area (Å²) in [7, 11) is 2.09. The van der Waals surface area contributed by atoms with E-state index in [-0.39, 0.29) is 0 Å². The summed E-state index contributed by atoms with van der Waals surface area (Å²) in [5.74, 6) is 4.15. The first-order valence-electron chi connectivity index (χ1n) is 5.96. The van der Waals surface area contributed by atoms with Gasteiger partial charge in [-0.2, -0.15) is 0 Å². The number of ether oxygens (including phenoxy) is 2. The van der Waals surface area contributed by atoms with Crippen LogP contribution in [0.25, 0.3) is 0 Å². The third kappa shape index (κ3) is 1.76. The largest absolute Gasteiger partial charge is 0.458 e. The molecule has 0 atom stereocenters. The van der Waals surface area contributed by atoms with Gasteiger partial charge >= 0.3 is 0 Å². The molecule has 16 heavy (non-hydrogen) atoms. The van der Waals surface area contributed by atoms with Gasteiger partial charge in [0.2, 0.25) is 0 Å². The molecule has 3 heteroatoms. The Morgan fingerprint density at radius 1 is 0.875 bits per heavy atom. The fourth-order valence-electron chi connectivity index (χ4n) is 2.36. The number of rotatable bonds is 0. The van der Waals surface area contributed by atoms with E-state index in [2.05, 4.69) is 24.1 Å². The summed E-state index contributed by atoms with van der Waals surface area (Å²) in [6.07, 6.45) is 8.51. The van der Waals surface area contributed by atoms with Gasteiger partial charge in [-0.3, -0.25) is 4.90 Å². The Bertz CT molecular complexity index is 359. The van der Waals surface area contributed by atoms with Crippen LogP contribution in [-0.4, -0.2) is 25.0 Å². The summed E-state index contributed by atoms with van der Waals surface area (Å²) in [6, 6.07) is 0. The average Bonchev–Trinajstić information content (AvgIpc) is 2.57. The lowest BCUT2D eigenvalue weighted by Gasteiger charge is -2.23. The Balaban J connectivity index is 1.79. The van der Waals surface area contributed by atoms with E-state index in [1.165, 1.54) is 0 Å². The van der Waals surface area contributed by atoms with Crippen molar-refractivity contribution in [2.45, 2.75) is 25.7 Å². The van der Waals surface area contributed by atoms with Crippen LogP contribution in [0.4, 0.5) is 0 Å². The van der Waals surface area contributed by atoms with Gasteiger partial charge in [0.1, 0.15) is 11.5 Å². The molecule has 2 aliphatic heterocycles. The van der Waals surface area contributed by atoms with Crippen molar-refractivity contribution in [1.29, 1.82) is 0 Å². The van der Waals surface area contributed by atoms with E-state index in [0.717, 1.165) is 61.8 Å². The fraction of sp³-hybridized carbons (Fsp3) is 0.538. The van der Waals surface area contributed by atoms with Crippen LogP contribution in [-0.2, 0) is 9.47 Å². The lowest BCUT2D eigenvalue weighted by molar-refractivity contribution is 0.165. The number of allylic oxidation sites excluding steroid dienone is 4. The zero-order valence-corrected chi connectivity index (χ0v) is 9.66. The predicted molar refractivity (Wildman–Crippen MR) is 61.3 cm³/mol. The lowest BCUT2D eigenvalue weighted by atomic mass is 10.1. The van der Waals surface area contributed by atoms with Gasteiger partial charge in [-0.05, 0) is 19.9 Å². The van der Waals surface area contributed by atoms with Crippen molar-refractivity contribution in [3.63, 3.8) is 0 Å². The standard InChI is InChI=1S/C13H17NO2/c1-14-8-12-13(9-14)16-11-7-5-3-2-4-6-10(11)15-12/h2-3H,4-9H2,1H3/b3-2+. The number of nitrogens with zero attached hydrogens (tertiary/aromatic N) is 1. The molecule has 0 unspecified atom stereocenters. The molecule has 3 aliphatic rings. The van der Waals surface area contributed by atoms with E-state index in [1.807, 2.05) is 0 Å². The molecule has 0 saturated carbocycles. The summed E-state index contributed by atoms with van der Waals surface area (Å²) >= 11 is 0. The highest BCUT2D eigenvalue weighted by Crippen LogP contribution is 2.34. The van der Waals surface area contributed by atoms with E-state index in [9.17, 15) is 0 Å². The zero-order chi connectivity index (χ0) is 11.0. The Hall–Kier alpha value is -1.22. The Morgan fingerprint density at radius 2 is 1.38 bits per heavy atom. The number of hydrogen-bond donors (Lipinski definition) is 0. The molecular formula is C13H17NO2. The molecule has 0 aromatic rings. The van der Waals surface area contributed by atoms with Crippen LogP contribution in [0.5, 0.6) is 0 Å². The Kier molecular flexibility index (Phi) is 2.48. The van der Waals surface area contributed by atoms with Crippen molar-refractivity contribution in [3.8, 4) is 0 Å². The molecule has 0 N–H and O–H groups in total. The van der Waals surface area contributed by atoms with E-state index < -0.39 is 0 Å². The Labute approximate surface area is 96.0 Å². The minimum absolute atomic E-state index is 0.877. The van der Waals surface area contributed by atoms with Gasteiger partial charge in [0.15, 0.2) is 11.5 Å². The van der Waals surface area contributed by atoms with Gasteiger partial charge in [-0.15, -0.1) is 0 Å². The highest BCUT2D eigenvalue weighted by molar-refractivity contribution is 5.23. The van der Waals surface area contributed by atoms with E-state index in [1.54, 1.807) is 0 Å². The van der Waals surface area contributed by atoms with Crippen LogP contribution in [0, 0.1) is 0 Å². The third-order valence-electron chi connectivity index (χ3n) is 3.18. The van der Waals surface area contributed by atoms with Crippen molar-refractivity contribution in [3.05, 3.63) is 35.2 Å². The van der Waals surface area contributed by atoms with Gasteiger partial charge in [0.05, 0.1) is 13.1 Å². The monoisotopic (exact) mass is 219 g/mol. The van der Waals surface area contributed by atoms with Gasteiger partial charge in [-0.25, -0.2) is 0 Å². The van der Waals surface area contributed by atoms with Crippen molar-refractivity contribution in [2.75, 3.05) is 20.1 Å². The second-order valence-corrected chi connectivity index (χ2v) is 4.62. The first-order valence-corrected chi connectivity index (χ1v) is 5.96. The molecule has 1 aliphatic carbocycles. The topological polar surface area (TPSA) is 21.7 Å². The van der Waals surface area contributed by atoms with Crippen molar-refractivity contribution in [2.24, 2.45) is 0 Å². The van der Waals surface area contributed by atoms with Crippen LogP contribution < -0.4 is 0 Å². The van der Waals surface area contributed by atoms with Gasteiger partial charge in [0, 0.05) is 12.8 Å². The first kappa shape index (κ1) is 9.97. The maximum Gasteiger partial charge on any atom is 0.157 e. The van der Waals surface area contributed by atoms with E-state index >= 15 is 0 Å². The summed E-state index contributed by atoms with van der Waals surface area (Å²) in [4.78, 5) is 2.21. The number of likely N-dealkylation sites (N-methyl/N-ethyl adjacent to an activating group) is 1. The van der Waals surface area contributed by atoms with Crippen LogP contribution in [0.1, 0.15) is 25.7 Å². The van der Waals surface area contributed by atoms with Gasteiger partial charge in [-0.1, -0.05) is 12.2 Å². The molecule has 2 heterocycles. The molecule has 0 radical (unpaired) electrons. The SMILES string of the molecule is CN1CC2=C(C1)OC1=C(CC/C=C/CC1)O2. The van der Waals surface area contributed by atoms with E-state index in [0.29, 0.717) is 0 Å². The summed E-state index contributed by atoms with van der Waals surface area (Å²) < 4.78 is 12.0. The minimum atomic E-state index is 0.877. The highest BCUT2D eigenvalue weighted by atomic mass is 16.6. The summed E-state index contributed by atoms with van der Waals surface area (Å²) in [6.45, 7) is 1.75. The van der Waals surface area contributed by atoms with Crippen molar-refractivity contribution >= 4 is 0 Å². The Morgan fingerprint density at radius 3 is 1.88 bits per heavy atom. The quantitative estimate of drug-likeness (QED) is 0.584. The van der Waals surface area contributed by atoms with Gasteiger partial charge < -0.3 is 9.47 Å². The van der Waals surface area contributed by atoms with E-state index in [4.69, 9.17) is 9.47 Å². The average molecular weight is 219 g/mol. The molecule has 0 saturated heterocycles. The summed E-state index contributed by atoms with van der Waals surface area (Å²) in [5.41, 5.74) is 0. The minimum Gasteiger partial charge on any atom is -0.458 e. The fourth-order valence-corrected chi connectivity index (χ4v) is 2.36. The molecule has 0 spiro atoms. The molecule has 3 rings (SSSR count). The van der Waals surface area contributed by atoms with Crippen LogP contribution in [0.2, 0.25) is 0 Å². The van der Waals surface area contributed by atoms with Crippen LogP contribution >= 0.6 is 0 Å². The second-order valence-electron chi connectivity index (χ2n) is 4.62. The smallest absolute Gasteiger partial charge is 0.157 e. The molecule has 0 aromatic carbocycles. The van der Waals surface area contributed by atoms with Gasteiger partial charge in [0.25, 0.3) is 0 Å². The maximum absolute atomic E-state index is 5.98.